The van der Waals surface area contributed by atoms with E-state index < -0.39 is 44.2 Å². The molecule has 0 fully saturated rings. The SMILES string of the molecule is O=S(=O)(NC1CCCc2cn[nH]c21)c1c(F)c(F)cc(F)c1F. The number of nitrogens with zero attached hydrogens (tertiary/aromatic N) is 1. The second-order valence-corrected chi connectivity index (χ2v) is 6.82. The van der Waals surface area contributed by atoms with E-state index in [9.17, 15) is 26.0 Å². The predicted molar refractivity (Wildman–Crippen MR) is 70.9 cm³/mol. The van der Waals surface area contributed by atoms with Gasteiger partial charge >= 0.3 is 0 Å². The zero-order valence-corrected chi connectivity index (χ0v) is 12.4. The van der Waals surface area contributed by atoms with Gasteiger partial charge in [0.25, 0.3) is 0 Å². The van der Waals surface area contributed by atoms with Gasteiger partial charge in [0.1, 0.15) is 0 Å². The molecule has 0 saturated carbocycles. The van der Waals surface area contributed by atoms with Crippen LogP contribution < -0.4 is 4.72 Å². The molecule has 2 aromatic rings. The Kier molecular flexibility index (Phi) is 3.88. The van der Waals surface area contributed by atoms with Gasteiger partial charge in [0, 0.05) is 6.07 Å². The zero-order valence-electron chi connectivity index (χ0n) is 11.5. The molecule has 23 heavy (non-hydrogen) atoms. The van der Waals surface area contributed by atoms with Gasteiger partial charge in [-0.1, -0.05) is 0 Å². The Morgan fingerprint density at radius 1 is 1.17 bits per heavy atom. The highest BCUT2D eigenvalue weighted by atomic mass is 32.2. The summed E-state index contributed by atoms with van der Waals surface area (Å²) in [6.45, 7) is 0. The molecule has 10 heteroatoms. The molecular formula is C13H11F4N3O2S. The molecule has 1 aromatic heterocycles. The van der Waals surface area contributed by atoms with E-state index in [4.69, 9.17) is 0 Å². The van der Waals surface area contributed by atoms with Crippen molar-refractivity contribution in [3.8, 4) is 0 Å². The number of aromatic nitrogens is 2. The van der Waals surface area contributed by atoms with Crippen LogP contribution in [0.1, 0.15) is 30.1 Å². The highest BCUT2D eigenvalue weighted by Crippen LogP contribution is 2.31. The second-order valence-electron chi connectivity index (χ2n) is 5.17. The van der Waals surface area contributed by atoms with Crippen LogP contribution >= 0.6 is 0 Å². The quantitative estimate of drug-likeness (QED) is 0.660. The Bertz CT molecular complexity index is 840. The molecule has 0 aliphatic heterocycles. The highest BCUT2D eigenvalue weighted by molar-refractivity contribution is 7.89. The van der Waals surface area contributed by atoms with E-state index in [2.05, 4.69) is 14.9 Å². The maximum atomic E-state index is 13.7. The molecule has 1 unspecified atom stereocenters. The first kappa shape index (κ1) is 15.9. The minimum Gasteiger partial charge on any atom is -0.281 e. The van der Waals surface area contributed by atoms with Crippen LogP contribution in [0.2, 0.25) is 0 Å². The number of rotatable bonds is 3. The number of aryl methyl sites for hydroxylation is 1. The van der Waals surface area contributed by atoms with Crippen molar-refractivity contribution in [1.82, 2.24) is 14.9 Å². The lowest BCUT2D eigenvalue weighted by molar-refractivity contribution is 0.415. The van der Waals surface area contributed by atoms with E-state index in [1.54, 1.807) is 0 Å². The molecule has 0 amide bonds. The first-order chi connectivity index (χ1) is 10.8. The van der Waals surface area contributed by atoms with Crippen LogP contribution in [-0.4, -0.2) is 18.6 Å². The van der Waals surface area contributed by atoms with Gasteiger partial charge in [-0.05, 0) is 24.8 Å². The predicted octanol–water partition coefficient (Wildman–Crippen LogP) is 2.32. The van der Waals surface area contributed by atoms with Gasteiger partial charge in [0.05, 0.1) is 17.9 Å². The monoisotopic (exact) mass is 349 g/mol. The average Bonchev–Trinajstić information content (AvgIpc) is 2.94. The van der Waals surface area contributed by atoms with Crippen molar-refractivity contribution in [1.29, 1.82) is 0 Å². The Labute approximate surface area is 128 Å². The summed E-state index contributed by atoms with van der Waals surface area (Å²) in [4.78, 5) is -1.67. The van der Waals surface area contributed by atoms with Crippen molar-refractivity contribution in [3.05, 3.63) is 46.8 Å². The fourth-order valence-electron chi connectivity index (χ4n) is 2.61. The number of aromatic amines is 1. The van der Waals surface area contributed by atoms with E-state index in [1.165, 1.54) is 6.20 Å². The Morgan fingerprint density at radius 2 is 1.83 bits per heavy atom. The molecule has 0 radical (unpaired) electrons. The minimum atomic E-state index is -4.81. The van der Waals surface area contributed by atoms with E-state index >= 15 is 0 Å². The zero-order chi connectivity index (χ0) is 16.8. The number of sulfonamides is 1. The van der Waals surface area contributed by atoms with E-state index in [0.29, 0.717) is 25.0 Å². The van der Waals surface area contributed by atoms with Crippen LogP contribution in [0.5, 0.6) is 0 Å². The fraction of sp³-hybridized carbons (Fsp3) is 0.308. The number of halogens is 4. The molecule has 1 atom stereocenters. The van der Waals surface area contributed by atoms with Gasteiger partial charge in [-0.2, -0.15) is 5.10 Å². The number of hydrogen-bond donors (Lipinski definition) is 2. The third-order valence-electron chi connectivity index (χ3n) is 3.68. The summed E-state index contributed by atoms with van der Waals surface area (Å²) >= 11 is 0. The van der Waals surface area contributed by atoms with Gasteiger partial charge in [-0.15, -0.1) is 0 Å². The van der Waals surface area contributed by atoms with Gasteiger partial charge in [-0.25, -0.2) is 30.7 Å². The standard InChI is InChI=1S/C13H11F4N3O2S/c14-7-4-8(15)11(17)13(10(7)16)23(21,22)20-9-3-1-2-6-5-18-19-12(6)9/h4-5,9,20H,1-3H2,(H,18,19). The molecule has 1 aliphatic rings. The summed E-state index contributed by atoms with van der Waals surface area (Å²) < 4.78 is 80.4. The Balaban J connectivity index is 2.02. The van der Waals surface area contributed by atoms with Crippen LogP contribution in [-0.2, 0) is 16.4 Å². The third-order valence-corrected chi connectivity index (χ3v) is 5.17. The Hall–Kier alpha value is -1.94. The summed E-state index contributed by atoms with van der Waals surface area (Å²) in [7, 11) is -4.81. The molecular weight excluding hydrogens is 338 g/mol. The lowest BCUT2D eigenvalue weighted by Gasteiger charge is -2.23. The van der Waals surface area contributed by atoms with Crippen molar-refractivity contribution < 1.29 is 26.0 Å². The first-order valence-corrected chi connectivity index (χ1v) is 8.17. The second kappa shape index (κ2) is 5.60. The first-order valence-electron chi connectivity index (χ1n) is 6.68. The Morgan fingerprint density at radius 3 is 2.48 bits per heavy atom. The van der Waals surface area contributed by atoms with Crippen molar-refractivity contribution in [2.75, 3.05) is 0 Å². The van der Waals surface area contributed by atoms with Gasteiger partial charge in [-0.3, -0.25) is 5.10 Å². The van der Waals surface area contributed by atoms with Crippen molar-refractivity contribution in [2.45, 2.75) is 30.2 Å². The molecule has 124 valence electrons. The van der Waals surface area contributed by atoms with Crippen LogP contribution in [0.15, 0.2) is 17.2 Å². The molecule has 1 heterocycles. The van der Waals surface area contributed by atoms with Crippen molar-refractivity contribution in [2.24, 2.45) is 0 Å². The lowest BCUT2D eigenvalue weighted by Crippen LogP contribution is -2.32. The lowest BCUT2D eigenvalue weighted by atomic mass is 9.94. The van der Waals surface area contributed by atoms with E-state index in [-0.39, 0.29) is 6.07 Å². The van der Waals surface area contributed by atoms with Crippen LogP contribution in [0.3, 0.4) is 0 Å². The van der Waals surface area contributed by atoms with E-state index in [1.807, 2.05) is 0 Å². The maximum Gasteiger partial charge on any atom is 0.247 e. The van der Waals surface area contributed by atoms with E-state index in [0.717, 1.165) is 5.56 Å². The van der Waals surface area contributed by atoms with Gasteiger partial charge in [0.15, 0.2) is 28.2 Å². The van der Waals surface area contributed by atoms with Gasteiger partial charge < -0.3 is 0 Å². The summed E-state index contributed by atoms with van der Waals surface area (Å²) in [6, 6.07) is -0.853. The molecule has 0 bridgehead atoms. The fourth-order valence-corrected chi connectivity index (χ4v) is 4.01. The van der Waals surface area contributed by atoms with Crippen molar-refractivity contribution >= 4 is 10.0 Å². The number of fused-ring (bicyclic) bond motifs is 1. The summed E-state index contributed by atoms with van der Waals surface area (Å²) in [6.07, 6.45) is 3.19. The largest absolute Gasteiger partial charge is 0.281 e. The maximum absolute atomic E-state index is 13.7. The van der Waals surface area contributed by atoms with Gasteiger partial charge in [0.2, 0.25) is 10.0 Å². The molecule has 1 aliphatic carbocycles. The van der Waals surface area contributed by atoms with Crippen molar-refractivity contribution in [3.63, 3.8) is 0 Å². The number of H-pyrrole nitrogens is 1. The molecule has 0 spiro atoms. The number of benzene rings is 1. The normalized spacial score (nSPS) is 18.0. The molecule has 2 N–H and O–H groups in total. The van der Waals surface area contributed by atoms with Crippen LogP contribution in [0.4, 0.5) is 17.6 Å². The molecule has 5 nitrogen and oxygen atoms in total. The topological polar surface area (TPSA) is 74.8 Å². The minimum absolute atomic E-state index is 0.0444. The van der Waals surface area contributed by atoms with Crippen LogP contribution in [0.25, 0.3) is 0 Å². The highest BCUT2D eigenvalue weighted by Gasteiger charge is 2.33. The molecule has 0 saturated heterocycles. The smallest absolute Gasteiger partial charge is 0.247 e. The van der Waals surface area contributed by atoms with Crippen LogP contribution in [0, 0.1) is 23.3 Å². The average molecular weight is 349 g/mol. The summed E-state index contributed by atoms with van der Waals surface area (Å²) in [5.41, 5.74) is 1.24. The third kappa shape index (κ3) is 2.72. The summed E-state index contributed by atoms with van der Waals surface area (Å²) in [5, 5.41) is 6.41. The number of nitrogens with one attached hydrogen (secondary N) is 2. The number of hydrogen-bond acceptors (Lipinski definition) is 3. The molecule has 3 rings (SSSR count). The molecule has 1 aromatic carbocycles. The summed E-state index contributed by atoms with van der Waals surface area (Å²) in [5.74, 6) is -7.49.